The molecule has 16 nitrogen and oxygen atoms in total. The van der Waals surface area contributed by atoms with Crippen molar-refractivity contribution < 1.29 is 61.7 Å². The maximum Gasteiger partial charge on any atom is 0.408 e. The van der Waals surface area contributed by atoms with E-state index in [1.807, 2.05) is 0 Å². The third kappa shape index (κ3) is 14.7. The minimum Gasteiger partial charge on any atom is -0.469 e. The van der Waals surface area contributed by atoms with Gasteiger partial charge < -0.3 is 40.2 Å². The first kappa shape index (κ1) is 39.9. The number of ether oxygens (including phenoxy) is 4. The highest BCUT2D eigenvalue weighted by Crippen LogP contribution is 2.09. The number of alkyl halides is 1. The molecule has 260 valence electrons. The van der Waals surface area contributed by atoms with Gasteiger partial charge in [0, 0.05) is 6.42 Å². The summed E-state index contributed by atoms with van der Waals surface area (Å²) in [6, 6.07) is 2.54. The molecule has 0 heterocycles. The number of rotatable bonds is 19. The minimum atomic E-state index is -1.59. The van der Waals surface area contributed by atoms with Gasteiger partial charge in [-0.3, -0.25) is 33.6 Å². The van der Waals surface area contributed by atoms with Crippen molar-refractivity contribution in [3.8, 4) is 0 Å². The van der Waals surface area contributed by atoms with Crippen molar-refractivity contribution >= 4 is 47.5 Å². The molecule has 1 aromatic rings. The van der Waals surface area contributed by atoms with Gasteiger partial charge in [0.15, 0.2) is 5.78 Å². The van der Waals surface area contributed by atoms with Gasteiger partial charge in [0.1, 0.15) is 37.4 Å². The summed E-state index contributed by atoms with van der Waals surface area (Å²) in [6.45, 7) is 1.44. The average Bonchev–Trinajstić information content (AvgIpc) is 3.06. The summed E-state index contributed by atoms with van der Waals surface area (Å²) in [5.74, 6) is -7.21. The lowest BCUT2D eigenvalue weighted by molar-refractivity contribution is -0.144. The molecule has 0 spiro atoms. The molecular formula is C30H41FN4O12. The monoisotopic (exact) mass is 668 g/mol. The highest BCUT2D eigenvalue weighted by atomic mass is 19.1. The Labute approximate surface area is 270 Å². The standard InChI is InChI=1S/C30H41FN4O12/c1-17(2)26(29(42)33-20(22(36)15-31)13-24(38)45-4)35-27(40)19(11-12-23(37)44-3)32-28(41)21(14-25(39)46-5)34-30(43)47-16-18-9-7-6-8-10-18/h6-10,17,19-21,26H,11-16H2,1-5H3,(H,32,41)(H,33,42)(H,34,43)(H,35,40)/t19-,20+,21-,26-/m0/s1. The molecule has 4 amide bonds. The number of benzene rings is 1. The smallest absolute Gasteiger partial charge is 0.408 e. The first-order valence-electron chi connectivity index (χ1n) is 14.4. The van der Waals surface area contributed by atoms with Gasteiger partial charge in [0.25, 0.3) is 0 Å². The molecule has 17 heteroatoms. The molecule has 0 fully saturated rings. The van der Waals surface area contributed by atoms with Crippen molar-refractivity contribution in [1.29, 1.82) is 0 Å². The second-order valence-corrected chi connectivity index (χ2v) is 10.4. The van der Waals surface area contributed by atoms with E-state index in [1.165, 1.54) is 13.8 Å². The van der Waals surface area contributed by atoms with Crippen molar-refractivity contribution in [2.24, 2.45) is 5.92 Å². The number of hydrogen-bond acceptors (Lipinski definition) is 12. The lowest BCUT2D eigenvalue weighted by atomic mass is 10.0. The van der Waals surface area contributed by atoms with Gasteiger partial charge in [-0.2, -0.15) is 0 Å². The predicted molar refractivity (Wildman–Crippen MR) is 160 cm³/mol. The summed E-state index contributed by atoms with van der Waals surface area (Å²) in [5.41, 5.74) is 0.644. The highest BCUT2D eigenvalue weighted by Gasteiger charge is 2.34. The molecule has 1 aromatic carbocycles. The fourth-order valence-electron chi connectivity index (χ4n) is 3.91. The fraction of sp³-hybridized carbons (Fsp3) is 0.533. The molecule has 4 N–H and O–H groups in total. The topological polar surface area (TPSA) is 222 Å². The molecule has 0 saturated heterocycles. The van der Waals surface area contributed by atoms with E-state index < -0.39 is 97.1 Å². The molecule has 0 aromatic heterocycles. The van der Waals surface area contributed by atoms with E-state index in [0.29, 0.717) is 5.56 Å². The first-order chi connectivity index (χ1) is 22.3. The number of nitrogens with one attached hydrogen (secondary N) is 4. The predicted octanol–water partition coefficient (Wildman–Crippen LogP) is 0.00980. The fourth-order valence-corrected chi connectivity index (χ4v) is 3.91. The number of alkyl carbamates (subject to hydrolysis) is 1. The van der Waals surface area contributed by atoms with E-state index in [0.717, 1.165) is 21.3 Å². The van der Waals surface area contributed by atoms with Crippen LogP contribution in [0.3, 0.4) is 0 Å². The lowest BCUT2D eigenvalue weighted by Crippen LogP contribution is -2.59. The molecule has 0 aliphatic carbocycles. The van der Waals surface area contributed by atoms with Gasteiger partial charge in [-0.05, 0) is 17.9 Å². The second-order valence-electron chi connectivity index (χ2n) is 10.4. The van der Waals surface area contributed by atoms with Crippen LogP contribution in [0.5, 0.6) is 0 Å². The summed E-state index contributed by atoms with van der Waals surface area (Å²) >= 11 is 0. The zero-order valence-electron chi connectivity index (χ0n) is 26.8. The van der Waals surface area contributed by atoms with Crippen LogP contribution in [0.15, 0.2) is 30.3 Å². The van der Waals surface area contributed by atoms with Gasteiger partial charge in [-0.1, -0.05) is 44.2 Å². The van der Waals surface area contributed by atoms with Gasteiger partial charge in [-0.15, -0.1) is 0 Å². The van der Waals surface area contributed by atoms with E-state index in [2.05, 4.69) is 35.5 Å². The summed E-state index contributed by atoms with van der Waals surface area (Å²) in [5, 5.41) is 9.26. The summed E-state index contributed by atoms with van der Waals surface area (Å²) in [7, 11) is 3.21. The number of hydrogen-bond donors (Lipinski definition) is 4. The van der Waals surface area contributed by atoms with Gasteiger partial charge in [-0.25, -0.2) is 9.18 Å². The molecule has 0 bridgehead atoms. The van der Waals surface area contributed by atoms with Crippen LogP contribution in [0, 0.1) is 5.92 Å². The van der Waals surface area contributed by atoms with Gasteiger partial charge in [0.05, 0.1) is 34.2 Å². The van der Waals surface area contributed by atoms with Crippen LogP contribution in [0.25, 0.3) is 0 Å². The lowest BCUT2D eigenvalue weighted by Gasteiger charge is -2.27. The molecular weight excluding hydrogens is 627 g/mol. The number of halogens is 1. The van der Waals surface area contributed by atoms with Crippen LogP contribution in [0.1, 0.15) is 45.1 Å². The van der Waals surface area contributed by atoms with Crippen LogP contribution in [-0.4, -0.2) is 99.7 Å². The Morgan fingerprint density at radius 3 is 1.74 bits per heavy atom. The van der Waals surface area contributed by atoms with Crippen LogP contribution < -0.4 is 21.3 Å². The van der Waals surface area contributed by atoms with E-state index in [9.17, 15) is 42.7 Å². The van der Waals surface area contributed by atoms with Crippen molar-refractivity contribution in [3.05, 3.63) is 35.9 Å². The maximum atomic E-state index is 13.4. The largest absolute Gasteiger partial charge is 0.469 e. The third-order valence-electron chi connectivity index (χ3n) is 6.60. The Kier molecular flexibility index (Phi) is 17.7. The Morgan fingerprint density at radius 1 is 0.681 bits per heavy atom. The average molecular weight is 669 g/mol. The summed E-state index contributed by atoms with van der Waals surface area (Å²) in [4.78, 5) is 99.9. The highest BCUT2D eigenvalue weighted by molar-refractivity contribution is 5.97. The van der Waals surface area contributed by atoms with Crippen molar-refractivity contribution in [2.45, 2.75) is 70.3 Å². The Bertz CT molecular complexity index is 1260. The van der Waals surface area contributed by atoms with E-state index in [1.54, 1.807) is 30.3 Å². The Balaban J connectivity index is 3.17. The zero-order chi connectivity index (χ0) is 35.5. The van der Waals surface area contributed by atoms with Crippen LogP contribution in [0.2, 0.25) is 0 Å². The van der Waals surface area contributed by atoms with Crippen molar-refractivity contribution in [3.63, 3.8) is 0 Å². The third-order valence-corrected chi connectivity index (χ3v) is 6.60. The normalized spacial score (nSPS) is 13.1. The van der Waals surface area contributed by atoms with Crippen LogP contribution >= 0.6 is 0 Å². The molecule has 4 atom stereocenters. The number of carbonyl (C=O) groups is 8. The van der Waals surface area contributed by atoms with Crippen LogP contribution in [0.4, 0.5) is 9.18 Å². The zero-order valence-corrected chi connectivity index (χ0v) is 26.8. The Hall–Kier alpha value is -5.09. The molecule has 0 unspecified atom stereocenters. The number of Topliss-reactive ketones (excluding diaryl/α,β-unsaturated/α-hetero) is 1. The maximum absolute atomic E-state index is 13.4. The van der Waals surface area contributed by atoms with Crippen molar-refractivity contribution in [1.82, 2.24) is 21.3 Å². The van der Waals surface area contributed by atoms with Gasteiger partial charge >= 0.3 is 24.0 Å². The minimum absolute atomic E-state index is 0.153. The van der Waals surface area contributed by atoms with Gasteiger partial charge in [0.2, 0.25) is 17.7 Å². The molecule has 0 aliphatic rings. The molecule has 47 heavy (non-hydrogen) atoms. The van der Waals surface area contributed by atoms with E-state index >= 15 is 0 Å². The van der Waals surface area contributed by atoms with Crippen molar-refractivity contribution in [2.75, 3.05) is 28.0 Å². The quantitative estimate of drug-likeness (QED) is 0.113. The number of methoxy groups -OCH3 is 3. The molecule has 0 radical (unpaired) electrons. The second kappa shape index (κ2) is 20.8. The first-order valence-corrected chi connectivity index (χ1v) is 14.4. The van der Waals surface area contributed by atoms with E-state index in [-0.39, 0.29) is 19.4 Å². The number of carbonyl (C=O) groups excluding carboxylic acids is 8. The number of ketones is 1. The summed E-state index contributed by atoms with van der Waals surface area (Å²) in [6.07, 6.45) is -3.09. The van der Waals surface area contributed by atoms with Crippen LogP contribution in [-0.2, 0) is 59.1 Å². The van der Waals surface area contributed by atoms with E-state index in [4.69, 9.17) is 4.74 Å². The molecule has 0 aliphatic heterocycles. The SMILES string of the molecule is COC(=O)CC[C@H](NC(=O)[C@H](CC(=O)OC)NC(=O)OCc1ccccc1)C(=O)N[C@H](C(=O)N[C@H](CC(=O)OC)C(=O)CF)C(C)C. The molecule has 1 rings (SSSR count). The molecule has 0 saturated carbocycles. The number of esters is 3. The summed E-state index contributed by atoms with van der Waals surface area (Å²) < 4.78 is 31.9. The Morgan fingerprint density at radius 2 is 1.21 bits per heavy atom. The number of amides is 4.